The van der Waals surface area contributed by atoms with Crippen LogP contribution >= 0.6 is 0 Å². The highest BCUT2D eigenvalue weighted by atomic mass is 19.1. The first kappa shape index (κ1) is 13.9. The molecule has 0 saturated carbocycles. The number of para-hydroxylation sites is 2. The van der Waals surface area contributed by atoms with Crippen molar-refractivity contribution in [1.29, 1.82) is 5.26 Å². The van der Waals surface area contributed by atoms with Gasteiger partial charge in [-0.3, -0.25) is 0 Å². The van der Waals surface area contributed by atoms with E-state index in [4.69, 9.17) is 14.7 Å². The van der Waals surface area contributed by atoms with Gasteiger partial charge in [-0.25, -0.2) is 4.39 Å². The third kappa shape index (κ3) is 2.57. The number of benzene rings is 3. The van der Waals surface area contributed by atoms with Crippen molar-refractivity contribution in [1.82, 2.24) is 0 Å². The number of hydrogen-bond donors (Lipinski definition) is 0. The Balaban J connectivity index is 2.12. The highest BCUT2D eigenvalue weighted by molar-refractivity contribution is 5.89. The SMILES string of the molecule is COc1ccccc1Oc1cc(F)cc2cc(C#N)ccc12. The molecule has 0 radical (unpaired) electrons. The first-order valence-electron chi connectivity index (χ1n) is 6.65. The molecule has 0 unspecified atom stereocenters. The van der Waals surface area contributed by atoms with Gasteiger partial charge < -0.3 is 9.47 Å². The third-order valence-corrected chi connectivity index (χ3v) is 3.30. The van der Waals surface area contributed by atoms with Crippen LogP contribution in [0.25, 0.3) is 10.8 Å². The molecule has 0 heterocycles. The molecule has 4 heteroatoms. The van der Waals surface area contributed by atoms with Crippen LogP contribution in [-0.4, -0.2) is 7.11 Å². The van der Waals surface area contributed by atoms with Crippen molar-refractivity contribution in [2.24, 2.45) is 0 Å². The topological polar surface area (TPSA) is 42.2 Å². The van der Waals surface area contributed by atoms with Crippen LogP contribution in [0, 0.1) is 17.1 Å². The zero-order valence-electron chi connectivity index (χ0n) is 11.8. The van der Waals surface area contributed by atoms with E-state index in [2.05, 4.69) is 0 Å². The molecule has 0 saturated heterocycles. The van der Waals surface area contributed by atoms with Crippen LogP contribution in [0.2, 0.25) is 0 Å². The summed E-state index contributed by atoms with van der Waals surface area (Å²) < 4.78 is 24.9. The van der Waals surface area contributed by atoms with E-state index in [-0.39, 0.29) is 0 Å². The Hall–Kier alpha value is -3.06. The van der Waals surface area contributed by atoms with Gasteiger partial charge in [0, 0.05) is 11.5 Å². The number of nitriles is 1. The Morgan fingerprint density at radius 2 is 1.73 bits per heavy atom. The van der Waals surface area contributed by atoms with Crippen molar-refractivity contribution in [2.45, 2.75) is 0 Å². The Morgan fingerprint density at radius 3 is 2.45 bits per heavy atom. The van der Waals surface area contributed by atoms with E-state index < -0.39 is 5.82 Å². The molecule has 3 aromatic carbocycles. The van der Waals surface area contributed by atoms with Crippen molar-refractivity contribution in [3.05, 3.63) is 66.0 Å². The fraction of sp³-hybridized carbons (Fsp3) is 0.0556. The van der Waals surface area contributed by atoms with Gasteiger partial charge in [-0.05, 0) is 41.8 Å². The van der Waals surface area contributed by atoms with E-state index in [0.29, 0.717) is 28.2 Å². The Morgan fingerprint density at radius 1 is 0.955 bits per heavy atom. The molecule has 22 heavy (non-hydrogen) atoms. The predicted molar refractivity (Wildman–Crippen MR) is 81.7 cm³/mol. The maximum Gasteiger partial charge on any atom is 0.169 e. The van der Waals surface area contributed by atoms with Crippen LogP contribution in [0.5, 0.6) is 17.2 Å². The molecule has 3 aromatic rings. The summed E-state index contributed by atoms with van der Waals surface area (Å²) in [5.74, 6) is 1.02. The molecule has 0 fully saturated rings. The second-order valence-corrected chi connectivity index (χ2v) is 4.70. The van der Waals surface area contributed by atoms with Crippen LogP contribution in [0.4, 0.5) is 4.39 Å². The molecule has 0 N–H and O–H groups in total. The van der Waals surface area contributed by atoms with Gasteiger partial charge in [0.25, 0.3) is 0 Å². The smallest absolute Gasteiger partial charge is 0.169 e. The number of fused-ring (bicyclic) bond motifs is 1. The lowest BCUT2D eigenvalue weighted by Crippen LogP contribution is -1.92. The summed E-state index contributed by atoms with van der Waals surface area (Å²) >= 11 is 0. The summed E-state index contributed by atoms with van der Waals surface area (Å²) in [7, 11) is 1.55. The van der Waals surface area contributed by atoms with Gasteiger partial charge in [0.05, 0.1) is 18.7 Å². The van der Waals surface area contributed by atoms with Crippen LogP contribution in [0.15, 0.2) is 54.6 Å². The first-order chi connectivity index (χ1) is 10.7. The van der Waals surface area contributed by atoms with E-state index >= 15 is 0 Å². The second-order valence-electron chi connectivity index (χ2n) is 4.70. The van der Waals surface area contributed by atoms with Crippen molar-refractivity contribution < 1.29 is 13.9 Å². The van der Waals surface area contributed by atoms with Gasteiger partial charge in [0.1, 0.15) is 11.6 Å². The molecule has 3 rings (SSSR count). The van der Waals surface area contributed by atoms with Crippen molar-refractivity contribution in [3.8, 4) is 23.3 Å². The zero-order chi connectivity index (χ0) is 15.5. The monoisotopic (exact) mass is 293 g/mol. The molecule has 0 amide bonds. The predicted octanol–water partition coefficient (Wildman–Crippen LogP) is 4.65. The third-order valence-electron chi connectivity index (χ3n) is 3.30. The summed E-state index contributed by atoms with van der Waals surface area (Å²) in [6.07, 6.45) is 0. The minimum Gasteiger partial charge on any atom is -0.493 e. The molecule has 0 atom stereocenters. The number of halogens is 1. The van der Waals surface area contributed by atoms with Gasteiger partial charge in [0.15, 0.2) is 11.5 Å². The molecule has 0 aliphatic heterocycles. The number of hydrogen-bond acceptors (Lipinski definition) is 3. The van der Waals surface area contributed by atoms with Gasteiger partial charge in [-0.15, -0.1) is 0 Å². The highest BCUT2D eigenvalue weighted by Crippen LogP contribution is 2.35. The van der Waals surface area contributed by atoms with Crippen LogP contribution < -0.4 is 9.47 Å². The minimum absolute atomic E-state index is 0.379. The molecule has 0 bridgehead atoms. The Kier molecular flexibility index (Phi) is 3.63. The second kappa shape index (κ2) is 5.74. The maximum absolute atomic E-state index is 13.8. The first-order valence-corrected chi connectivity index (χ1v) is 6.65. The summed E-state index contributed by atoms with van der Waals surface area (Å²) in [6.45, 7) is 0. The van der Waals surface area contributed by atoms with Gasteiger partial charge in [0.2, 0.25) is 0 Å². The fourth-order valence-electron chi connectivity index (χ4n) is 2.28. The number of nitrogens with zero attached hydrogens (tertiary/aromatic N) is 1. The standard InChI is InChI=1S/C18H12FNO2/c1-21-16-4-2-3-5-17(16)22-18-10-14(19)9-13-8-12(11-20)6-7-15(13)18/h2-10H,1H3. The van der Waals surface area contributed by atoms with Crippen LogP contribution in [0.3, 0.4) is 0 Å². The van der Waals surface area contributed by atoms with E-state index in [1.807, 2.05) is 18.2 Å². The van der Waals surface area contributed by atoms with Gasteiger partial charge in [-0.1, -0.05) is 12.1 Å². The van der Waals surface area contributed by atoms with Crippen molar-refractivity contribution in [2.75, 3.05) is 7.11 Å². The number of methoxy groups -OCH3 is 1. The van der Waals surface area contributed by atoms with E-state index in [0.717, 1.165) is 5.39 Å². The number of ether oxygens (including phenoxy) is 2. The van der Waals surface area contributed by atoms with Gasteiger partial charge >= 0.3 is 0 Å². The molecule has 0 aliphatic carbocycles. The normalized spacial score (nSPS) is 10.2. The summed E-state index contributed by atoms with van der Waals surface area (Å²) in [6, 6.07) is 17.0. The lowest BCUT2D eigenvalue weighted by molar-refractivity contribution is 0.379. The average molecular weight is 293 g/mol. The fourth-order valence-corrected chi connectivity index (χ4v) is 2.28. The summed E-state index contributed by atoms with van der Waals surface area (Å²) in [5.41, 5.74) is 0.473. The molecule has 0 spiro atoms. The maximum atomic E-state index is 13.8. The van der Waals surface area contributed by atoms with E-state index in [1.165, 1.54) is 12.1 Å². The number of rotatable bonds is 3. The molecule has 3 nitrogen and oxygen atoms in total. The molecular formula is C18H12FNO2. The lowest BCUT2D eigenvalue weighted by Gasteiger charge is -2.12. The lowest BCUT2D eigenvalue weighted by atomic mass is 10.1. The molecule has 0 aromatic heterocycles. The van der Waals surface area contributed by atoms with Crippen LogP contribution in [0.1, 0.15) is 5.56 Å². The average Bonchev–Trinajstić information content (AvgIpc) is 2.54. The molecular weight excluding hydrogens is 281 g/mol. The largest absolute Gasteiger partial charge is 0.493 e. The van der Waals surface area contributed by atoms with E-state index in [1.54, 1.807) is 37.4 Å². The Labute approximate surface area is 127 Å². The Bertz CT molecular complexity index is 884. The molecule has 108 valence electrons. The quantitative estimate of drug-likeness (QED) is 0.705. The summed E-state index contributed by atoms with van der Waals surface area (Å²) in [5, 5.41) is 10.3. The van der Waals surface area contributed by atoms with E-state index in [9.17, 15) is 4.39 Å². The zero-order valence-corrected chi connectivity index (χ0v) is 11.8. The van der Waals surface area contributed by atoms with Crippen molar-refractivity contribution in [3.63, 3.8) is 0 Å². The highest BCUT2D eigenvalue weighted by Gasteiger charge is 2.10. The summed E-state index contributed by atoms with van der Waals surface area (Å²) in [4.78, 5) is 0. The van der Waals surface area contributed by atoms with Gasteiger partial charge in [-0.2, -0.15) is 5.26 Å². The van der Waals surface area contributed by atoms with Crippen LogP contribution in [-0.2, 0) is 0 Å². The minimum atomic E-state index is -0.424. The van der Waals surface area contributed by atoms with Crippen molar-refractivity contribution >= 4 is 10.8 Å². The molecule has 0 aliphatic rings.